The van der Waals surface area contributed by atoms with Crippen LogP contribution in [0.15, 0.2) is 42.5 Å². The second kappa shape index (κ2) is 4.57. The number of nitrogens with two attached hydrogens (primary N) is 1. The van der Waals surface area contributed by atoms with Crippen LogP contribution in [-0.2, 0) is 0 Å². The molecule has 0 unspecified atom stereocenters. The third-order valence-electron chi connectivity index (χ3n) is 3.51. The normalized spacial score (nSPS) is 11.3. The molecule has 0 spiro atoms. The smallest absolute Gasteiger partial charge is 0.326 e. The summed E-state index contributed by atoms with van der Waals surface area (Å²) in [4.78, 5) is 16.2. The molecule has 5 nitrogen and oxygen atoms in total. The van der Waals surface area contributed by atoms with E-state index < -0.39 is 6.03 Å². The van der Waals surface area contributed by atoms with Gasteiger partial charge in [-0.15, -0.1) is 11.3 Å². The fourth-order valence-corrected chi connectivity index (χ4v) is 3.60. The number of rotatable bonds is 1. The standard InChI is InChI=1S/C16H10N3O2S/c17-16(21)19-11-7-3-1-5-9(11)13(15(19)20)14-18-10-6-2-4-8-12(10)22-14/h2-8,20H,(H2,17,21). The van der Waals surface area contributed by atoms with Crippen molar-refractivity contribution in [3.63, 3.8) is 0 Å². The van der Waals surface area contributed by atoms with Gasteiger partial charge in [-0.05, 0) is 30.3 Å². The lowest BCUT2D eigenvalue weighted by molar-refractivity contribution is 0.248. The summed E-state index contributed by atoms with van der Waals surface area (Å²) in [5.74, 6) is -0.193. The maximum atomic E-state index is 11.7. The molecule has 0 saturated carbocycles. The topological polar surface area (TPSA) is 81.1 Å². The first-order chi connectivity index (χ1) is 10.7. The minimum Gasteiger partial charge on any atom is -0.494 e. The molecule has 0 atom stereocenters. The predicted molar refractivity (Wildman–Crippen MR) is 86.0 cm³/mol. The second-order valence-electron chi connectivity index (χ2n) is 4.80. The highest BCUT2D eigenvalue weighted by atomic mass is 32.1. The van der Waals surface area contributed by atoms with E-state index in [0.717, 1.165) is 14.8 Å². The van der Waals surface area contributed by atoms with Crippen molar-refractivity contribution in [3.8, 4) is 16.5 Å². The minimum atomic E-state index is -0.735. The number of thiazole rings is 1. The van der Waals surface area contributed by atoms with E-state index >= 15 is 0 Å². The van der Waals surface area contributed by atoms with E-state index in [-0.39, 0.29) is 5.88 Å². The molecular formula is C16H10N3O2S. The summed E-state index contributed by atoms with van der Waals surface area (Å²) in [5.41, 5.74) is 7.28. The molecule has 4 aromatic rings. The molecule has 0 fully saturated rings. The summed E-state index contributed by atoms with van der Waals surface area (Å²) in [7, 11) is 0. The summed E-state index contributed by atoms with van der Waals surface area (Å²) in [6.07, 6.45) is 0. The summed E-state index contributed by atoms with van der Waals surface area (Å²) in [5, 5.41) is 11.8. The number of carbonyl (C=O) groups excluding carboxylic acids is 1. The summed E-state index contributed by atoms with van der Waals surface area (Å²) >= 11 is 1.45. The summed E-state index contributed by atoms with van der Waals surface area (Å²) in [6, 6.07) is 15.0. The number of benzene rings is 2. The molecule has 0 aliphatic rings. The van der Waals surface area contributed by atoms with E-state index in [1.54, 1.807) is 18.2 Å². The molecule has 0 bridgehead atoms. The van der Waals surface area contributed by atoms with Crippen LogP contribution in [0, 0.1) is 6.07 Å². The Morgan fingerprint density at radius 1 is 1.32 bits per heavy atom. The van der Waals surface area contributed by atoms with E-state index in [1.807, 2.05) is 24.3 Å². The lowest BCUT2D eigenvalue weighted by Crippen LogP contribution is -2.18. The third kappa shape index (κ3) is 1.71. The van der Waals surface area contributed by atoms with Crippen LogP contribution in [0.1, 0.15) is 0 Å². The first-order valence-corrected chi connectivity index (χ1v) is 7.37. The number of para-hydroxylation sites is 1. The van der Waals surface area contributed by atoms with Crippen molar-refractivity contribution in [2.75, 3.05) is 0 Å². The fourth-order valence-electron chi connectivity index (χ4n) is 2.58. The number of primary amides is 1. The maximum Gasteiger partial charge on any atom is 0.326 e. The quantitative estimate of drug-likeness (QED) is 0.566. The number of hydrogen-bond donors (Lipinski definition) is 2. The lowest BCUT2D eigenvalue weighted by Gasteiger charge is -1.99. The number of amides is 1. The van der Waals surface area contributed by atoms with E-state index in [0.29, 0.717) is 21.5 Å². The maximum absolute atomic E-state index is 11.7. The molecule has 0 aliphatic heterocycles. The van der Waals surface area contributed by atoms with Crippen molar-refractivity contribution in [2.24, 2.45) is 5.73 Å². The number of carbonyl (C=O) groups is 1. The molecule has 0 aliphatic carbocycles. The third-order valence-corrected chi connectivity index (χ3v) is 4.57. The molecule has 107 valence electrons. The Bertz CT molecular complexity index is 999. The van der Waals surface area contributed by atoms with Gasteiger partial charge in [0.2, 0.25) is 5.88 Å². The Kier molecular flexibility index (Phi) is 2.67. The zero-order valence-electron chi connectivity index (χ0n) is 11.3. The largest absolute Gasteiger partial charge is 0.494 e. The van der Waals surface area contributed by atoms with Crippen molar-refractivity contribution in [1.82, 2.24) is 9.55 Å². The van der Waals surface area contributed by atoms with Crippen molar-refractivity contribution in [1.29, 1.82) is 0 Å². The van der Waals surface area contributed by atoms with Gasteiger partial charge in [-0.25, -0.2) is 14.3 Å². The van der Waals surface area contributed by atoms with Crippen LogP contribution in [0.2, 0.25) is 0 Å². The number of fused-ring (bicyclic) bond motifs is 2. The number of nitrogens with zero attached hydrogens (tertiary/aromatic N) is 2. The number of aromatic nitrogens is 2. The molecule has 2 aromatic carbocycles. The SMILES string of the molecule is NC(=O)n1c(O)c(-c2nc3ccccc3s2)c2c[c]ccc21. The van der Waals surface area contributed by atoms with E-state index in [4.69, 9.17) is 5.73 Å². The highest BCUT2D eigenvalue weighted by Crippen LogP contribution is 2.42. The van der Waals surface area contributed by atoms with Gasteiger partial charge in [-0.1, -0.05) is 18.2 Å². The summed E-state index contributed by atoms with van der Waals surface area (Å²) in [6.45, 7) is 0. The zero-order chi connectivity index (χ0) is 15.3. The predicted octanol–water partition coefficient (Wildman–Crippen LogP) is 3.35. The van der Waals surface area contributed by atoms with Crippen molar-refractivity contribution < 1.29 is 9.90 Å². The Balaban J connectivity index is 2.10. The van der Waals surface area contributed by atoms with Crippen LogP contribution in [0.5, 0.6) is 5.88 Å². The van der Waals surface area contributed by atoms with Crippen LogP contribution in [0.25, 0.3) is 31.7 Å². The monoisotopic (exact) mass is 308 g/mol. The van der Waals surface area contributed by atoms with Crippen LogP contribution >= 0.6 is 11.3 Å². The molecule has 3 N–H and O–H groups in total. The van der Waals surface area contributed by atoms with Gasteiger partial charge in [0.05, 0.1) is 21.3 Å². The van der Waals surface area contributed by atoms with E-state index in [9.17, 15) is 9.90 Å². The second-order valence-corrected chi connectivity index (χ2v) is 5.83. The van der Waals surface area contributed by atoms with Crippen LogP contribution in [0.3, 0.4) is 0 Å². The molecular weight excluding hydrogens is 298 g/mol. The molecule has 2 aromatic heterocycles. The molecule has 1 radical (unpaired) electrons. The zero-order valence-corrected chi connectivity index (χ0v) is 12.1. The fraction of sp³-hybridized carbons (Fsp3) is 0. The van der Waals surface area contributed by atoms with Gasteiger partial charge in [0.15, 0.2) is 0 Å². The Hall–Kier alpha value is -2.86. The van der Waals surface area contributed by atoms with Gasteiger partial charge in [-0.3, -0.25) is 0 Å². The van der Waals surface area contributed by atoms with Gasteiger partial charge in [0, 0.05) is 5.39 Å². The molecule has 0 saturated heterocycles. The van der Waals surface area contributed by atoms with Crippen LogP contribution in [0.4, 0.5) is 4.79 Å². The molecule has 22 heavy (non-hydrogen) atoms. The number of aromatic hydroxyl groups is 1. The molecule has 6 heteroatoms. The Morgan fingerprint density at radius 2 is 2.14 bits per heavy atom. The Labute approximate surface area is 129 Å². The first-order valence-electron chi connectivity index (χ1n) is 6.56. The highest BCUT2D eigenvalue weighted by Gasteiger charge is 2.22. The van der Waals surface area contributed by atoms with Crippen molar-refractivity contribution in [2.45, 2.75) is 0 Å². The van der Waals surface area contributed by atoms with Gasteiger partial charge < -0.3 is 10.8 Å². The molecule has 1 amide bonds. The molecule has 2 heterocycles. The van der Waals surface area contributed by atoms with Gasteiger partial charge in [-0.2, -0.15) is 0 Å². The van der Waals surface area contributed by atoms with Crippen LogP contribution < -0.4 is 5.73 Å². The average molecular weight is 308 g/mol. The Morgan fingerprint density at radius 3 is 2.91 bits per heavy atom. The molecule has 4 rings (SSSR count). The lowest BCUT2D eigenvalue weighted by atomic mass is 10.2. The summed E-state index contributed by atoms with van der Waals surface area (Å²) < 4.78 is 2.10. The van der Waals surface area contributed by atoms with E-state index in [2.05, 4.69) is 11.1 Å². The van der Waals surface area contributed by atoms with E-state index in [1.165, 1.54) is 11.3 Å². The highest BCUT2D eigenvalue weighted by molar-refractivity contribution is 7.21. The van der Waals surface area contributed by atoms with Gasteiger partial charge in [0.25, 0.3) is 0 Å². The van der Waals surface area contributed by atoms with Crippen molar-refractivity contribution >= 4 is 38.5 Å². The number of hydrogen-bond acceptors (Lipinski definition) is 4. The van der Waals surface area contributed by atoms with Gasteiger partial charge >= 0.3 is 6.03 Å². The average Bonchev–Trinajstić information content (AvgIpc) is 3.04. The first kappa shape index (κ1) is 12.8. The van der Waals surface area contributed by atoms with Crippen LogP contribution in [-0.4, -0.2) is 20.7 Å². The minimum absolute atomic E-state index is 0.193. The van der Waals surface area contributed by atoms with Crippen molar-refractivity contribution in [3.05, 3.63) is 48.5 Å². The van der Waals surface area contributed by atoms with Gasteiger partial charge in [0.1, 0.15) is 5.01 Å².